The molecule has 0 aliphatic heterocycles. The lowest BCUT2D eigenvalue weighted by molar-refractivity contribution is 0.120. The van der Waals surface area contributed by atoms with Crippen LogP contribution in [0, 0.1) is 17.1 Å². The topological polar surface area (TPSA) is 44.0 Å². The highest BCUT2D eigenvalue weighted by Crippen LogP contribution is 2.43. The Balaban J connectivity index is 2.41. The van der Waals surface area contributed by atoms with Crippen molar-refractivity contribution >= 4 is 0 Å². The fourth-order valence-corrected chi connectivity index (χ4v) is 2.08. The van der Waals surface area contributed by atoms with Crippen molar-refractivity contribution in [3.63, 3.8) is 0 Å². The van der Waals surface area contributed by atoms with Crippen molar-refractivity contribution in [2.24, 2.45) is 0 Å². The molecule has 0 atom stereocenters. The average Bonchev–Trinajstić information content (AvgIpc) is 2.19. The molecule has 1 aromatic carbocycles. The molecule has 0 bridgehead atoms. The molecule has 2 nitrogen and oxygen atoms in total. The van der Waals surface area contributed by atoms with Gasteiger partial charge >= 0.3 is 0 Å². The van der Waals surface area contributed by atoms with E-state index >= 15 is 0 Å². The predicted molar refractivity (Wildman–Crippen MR) is 53.7 cm³/mol. The third-order valence-electron chi connectivity index (χ3n) is 3.31. The summed E-state index contributed by atoms with van der Waals surface area (Å²) in [5, 5.41) is 18.1. The lowest BCUT2D eigenvalue weighted by Gasteiger charge is -2.40. The third-order valence-corrected chi connectivity index (χ3v) is 3.31. The molecule has 0 radical (unpaired) electrons. The molecule has 3 heteroatoms. The van der Waals surface area contributed by atoms with E-state index in [9.17, 15) is 9.50 Å². The maximum Gasteiger partial charge on any atom is 0.140 e. The van der Waals surface area contributed by atoms with Crippen LogP contribution in [0.5, 0.6) is 0 Å². The molecular weight excluding hydrogens is 193 g/mol. The monoisotopic (exact) mass is 205 g/mol. The van der Waals surface area contributed by atoms with Crippen LogP contribution < -0.4 is 0 Å². The van der Waals surface area contributed by atoms with Crippen LogP contribution in [-0.2, 0) is 5.41 Å². The molecule has 0 amide bonds. The summed E-state index contributed by atoms with van der Waals surface area (Å²) in [5.74, 6) is -0.492. The Hall–Kier alpha value is -1.40. The van der Waals surface area contributed by atoms with Crippen LogP contribution in [0.3, 0.4) is 0 Å². The summed E-state index contributed by atoms with van der Waals surface area (Å²) in [6, 6.07) is 6.36. The first-order chi connectivity index (χ1) is 7.22. The van der Waals surface area contributed by atoms with Crippen LogP contribution in [0.4, 0.5) is 4.39 Å². The van der Waals surface area contributed by atoms with Gasteiger partial charge in [-0.2, -0.15) is 5.26 Å². The number of hydrogen-bond acceptors (Lipinski definition) is 2. The summed E-state index contributed by atoms with van der Waals surface area (Å²) in [6.45, 7) is 0.0729. The summed E-state index contributed by atoms with van der Waals surface area (Å²) >= 11 is 0. The van der Waals surface area contributed by atoms with E-state index in [0.29, 0.717) is 0 Å². The zero-order valence-electron chi connectivity index (χ0n) is 8.33. The minimum atomic E-state index is -0.492. The number of benzene rings is 1. The predicted octanol–water partition coefficient (Wildman–Crippen LogP) is 2.11. The third kappa shape index (κ3) is 1.51. The molecule has 0 spiro atoms. The highest BCUT2D eigenvalue weighted by atomic mass is 19.1. The standard InChI is InChI=1S/C12H12FNO/c13-11-3-2-10(6-9(11)7-14)12(8-15)4-1-5-12/h2-3,6,15H,1,4-5,8H2. The van der Waals surface area contributed by atoms with Gasteiger partial charge in [0.25, 0.3) is 0 Å². The molecule has 1 saturated carbocycles. The van der Waals surface area contributed by atoms with Gasteiger partial charge in [-0.3, -0.25) is 0 Å². The Bertz CT molecular complexity index is 413. The van der Waals surface area contributed by atoms with Gasteiger partial charge in [0.15, 0.2) is 0 Å². The molecule has 1 aliphatic rings. The number of aliphatic hydroxyl groups is 1. The van der Waals surface area contributed by atoms with Gasteiger partial charge in [-0.1, -0.05) is 12.5 Å². The van der Waals surface area contributed by atoms with E-state index in [0.717, 1.165) is 24.8 Å². The number of nitriles is 1. The van der Waals surface area contributed by atoms with Crippen LogP contribution in [0.2, 0.25) is 0 Å². The van der Waals surface area contributed by atoms with E-state index in [4.69, 9.17) is 5.26 Å². The molecule has 0 saturated heterocycles. The highest BCUT2D eigenvalue weighted by Gasteiger charge is 2.38. The lowest BCUT2D eigenvalue weighted by Crippen LogP contribution is -2.37. The van der Waals surface area contributed by atoms with Crippen LogP contribution in [-0.4, -0.2) is 11.7 Å². The summed E-state index contributed by atoms with van der Waals surface area (Å²) in [5.41, 5.74) is 0.723. The molecule has 1 fully saturated rings. The van der Waals surface area contributed by atoms with Crippen molar-refractivity contribution in [1.29, 1.82) is 5.26 Å². The number of hydrogen-bond donors (Lipinski definition) is 1. The van der Waals surface area contributed by atoms with Crippen LogP contribution in [0.1, 0.15) is 30.4 Å². The summed E-state index contributed by atoms with van der Waals surface area (Å²) < 4.78 is 13.1. The van der Waals surface area contributed by atoms with Crippen molar-refractivity contribution in [2.75, 3.05) is 6.61 Å². The molecule has 2 rings (SSSR count). The SMILES string of the molecule is N#Cc1cc(C2(CO)CCC2)ccc1F. The van der Waals surface area contributed by atoms with Crippen molar-refractivity contribution in [3.05, 3.63) is 35.1 Å². The highest BCUT2D eigenvalue weighted by molar-refractivity contribution is 5.39. The van der Waals surface area contributed by atoms with Crippen LogP contribution in [0.25, 0.3) is 0 Å². The molecule has 0 unspecified atom stereocenters. The normalized spacial score (nSPS) is 17.9. The van der Waals surface area contributed by atoms with E-state index in [1.165, 1.54) is 6.07 Å². The first kappa shape index (κ1) is 10.1. The van der Waals surface area contributed by atoms with Crippen molar-refractivity contribution in [2.45, 2.75) is 24.7 Å². The van der Waals surface area contributed by atoms with Gasteiger partial charge in [0.05, 0.1) is 12.2 Å². The first-order valence-electron chi connectivity index (χ1n) is 5.03. The van der Waals surface area contributed by atoms with Gasteiger partial charge in [-0.05, 0) is 30.5 Å². The van der Waals surface area contributed by atoms with E-state index in [-0.39, 0.29) is 17.6 Å². The van der Waals surface area contributed by atoms with Crippen molar-refractivity contribution in [1.82, 2.24) is 0 Å². The van der Waals surface area contributed by atoms with Gasteiger partial charge in [-0.25, -0.2) is 4.39 Å². The average molecular weight is 205 g/mol. The fraction of sp³-hybridized carbons (Fsp3) is 0.417. The molecule has 1 aromatic rings. The lowest BCUT2D eigenvalue weighted by atomic mass is 9.65. The van der Waals surface area contributed by atoms with E-state index in [1.54, 1.807) is 12.1 Å². The largest absolute Gasteiger partial charge is 0.395 e. The molecule has 0 heterocycles. The minimum absolute atomic E-state index is 0.0622. The summed E-state index contributed by atoms with van der Waals surface area (Å²) in [6.07, 6.45) is 2.92. The zero-order chi connectivity index (χ0) is 10.9. The Kier molecular flexibility index (Phi) is 2.45. The Morgan fingerprint density at radius 3 is 2.67 bits per heavy atom. The molecule has 1 aliphatic carbocycles. The second-order valence-electron chi connectivity index (χ2n) is 4.10. The van der Waals surface area contributed by atoms with Gasteiger partial charge in [0.1, 0.15) is 11.9 Å². The second kappa shape index (κ2) is 3.63. The maximum atomic E-state index is 13.1. The van der Waals surface area contributed by atoms with Crippen molar-refractivity contribution in [3.8, 4) is 6.07 Å². The minimum Gasteiger partial charge on any atom is -0.395 e. The molecule has 0 aromatic heterocycles. The summed E-state index contributed by atoms with van der Waals surface area (Å²) in [7, 11) is 0. The Morgan fingerprint density at radius 1 is 1.47 bits per heavy atom. The molecular formula is C12H12FNO. The zero-order valence-corrected chi connectivity index (χ0v) is 8.33. The Morgan fingerprint density at radius 2 is 2.20 bits per heavy atom. The van der Waals surface area contributed by atoms with Gasteiger partial charge in [0, 0.05) is 5.41 Å². The van der Waals surface area contributed by atoms with E-state index < -0.39 is 5.82 Å². The fourth-order valence-electron chi connectivity index (χ4n) is 2.08. The smallest absolute Gasteiger partial charge is 0.140 e. The maximum absolute atomic E-state index is 13.1. The Labute approximate surface area is 88.0 Å². The quantitative estimate of drug-likeness (QED) is 0.803. The molecule has 78 valence electrons. The number of aliphatic hydroxyl groups excluding tert-OH is 1. The molecule has 1 N–H and O–H groups in total. The van der Waals surface area contributed by atoms with Crippen molar-refractivity contribution < 1.29 is 9.50 Å². The van der Waals surface area contributed by atoms with Gasteiger partial charge < -0.3 is 5.11 Å². The number of nitrogens with zero attached hydrogens (tertiary/aromatic N) is 1. The van der Waals surface area contributed by atoms with Gasteiger partial charge in [-0.15, -0.1) is 0 Å². The summed E-state index contributed by atoms with van der Waals surface area (Å²) in [4.78, 5) is 0. The number of rotatable bonds is 2. The van der Waals surface area contributed by atoms with E-state index in [1.807, 2.05) is 6.07 Å². The second-order valence-corrected chi connectivity index (χ2v) is 4.10. The van der Waals surface area contributed by atoms with Crippen LogP contribution >= 0.6 is 0 Å². The van der Waals surface area contributed by atoms with E-state index in [2.05, 4.69) is 0 Å². The van der Waals surface area contributed by atoms with Crippen LogP contribution in [0.15, 0.2) is 18.2 Å². The first-order valence-corrected chi connectivity index (χ1v) is 5.03. The molecule has 15 heavy (non-hydrogen) atoms. The van der Waals surface area contributed by atoms with Gasteiger partial charge in [0.2, 0.25) is 0 Å². The number of halogens is 1.